The van der Waals surface area contributed by atoms with Crippen LogP contribution in [0.5, 0.6) is 0 Å². The molecule has 11 heteroatoms. The number of Topliss-reactive ketones (excluding diaryl/α,β-unsaturated/α-hetero) is 1. The number of ether oxygens (including phenoxy) is 1. The second-order valence-electron chi connectivity index (χ2n) is 8.65. The van der Waals surface area contributed by atoms with Gasteiger partial charge in [0.1, 0.15) is 11.9 Å². The van der Waals surface area contributed by atoms with Gasteiger partial charge < -0.3 is 4.74 Å². The highest BCUT2D eigenvalue weighted by molar-refractivity contribution is 7.48. The van der Waals surface area contributed by atoms with Crippen LogP contribution in [0, 0.1) is 53.3 Å². The van der Waals surface area contributed by atoms with E-state index in [0.29, 0.717) is 12.8 Å². The van der Waals surface area contributed by atoms with Gasteiger partial charge in [-0.25, -0.2) is 9.36 Å². The summed E-state index contributed by atoms with van der Waals surface area (Å²) in [6, 6.07) is 0. The molecule has 0 aromatic rings. The Kier molecular flexibility index (Phi) is 23.9. The molecule has 0 aliphatic heterocycles. The fourth-order valence-corrected chi connectivity index (χ4v) is 4.18. The van der Waals surface area contributed by atoms with Crippen LogP contribution in [0.2, 0.25) is 0 Å². The minimum Gasteiger partial charge on any atom is -0.452 e. The number of phosphoric ester groups is 1. The number of nitrogens with zero attached hydrogens (tertiary/aromatic N) is 3. The fourth-order valence-electron chi connectivity index (χ4n) is 3.44. The van der Waals surface area contributed by atoms with Crippen molar-refractivity contribution in [3.8, 4) is 47.4 Å². The first kappa shape index (κ1) is 38.3. The molecule has 0 aromatic heterocycles. The molecule has 0 spiro atoms. The Labute approximate surface area is 250 Å². The molecule has 226 valence electrons. The molecule has 42 heavy (non-hydrogen) atoms. The molecule has 0 unspecified atom stereocenters. The van der Waals surface area contributed by atoms with E-state index < -0.39 is 25.8 Å². The average Bonchev–Trinajstić information content (AvgIpc) is 2.99. The average molecular weight is 598 g/mol. The van der Waals surface area contributed by atoms with Gasteiger partial charge in [0.2, 0.25) is 0 Å². The molecule has 0 heterocycles. The van der Waals surface area contributed by atoms with E-state index >= 15 is 0 Å². The van der Waals surface area contributed by atoms with Crippen LogP contribution < -0.4 is 0 Å². The van der Waals surface area contributed by atoms with E-state index in [1.54, 1.807) is 19.9 Å². The van der Waals surface area contributed by atoms with Crippen LogP contribution in [-0.4, -0.2) is 45.2 Å². The number of carbonyl (C=O) groups is 2. The van der Waals surface area contributed by atoms with Crippen LogP contribution in [0.15, 0.2) is 29.4 Å². The summed E-state index contributed by atoms with van der Waals surface area (Å²) in [5, 5.41) is 3.49. The van der Waals surface area contributed by atoms with Gasteiger partial charge >= 0.3 is 13.8 Å². The van der Waals surface area contributed by atoms with Crippen molar-refractivity contribution in [2.75, 3.05) is 27.4 Å². The fraction of sp³-hybridized carbons (Fsp3) is 0.548. The Bertz CT molecular complexity index is 1230. The largest absolute Gasteiger partial charge is 0.474 e. The van der Waals surface area contributed by atoms with Gasteiger partial charge in [0.05, 0.1) is 13.2 Å². The summed E-state index contributed by atoms with van der Waals surface area (Å²) in [5.41, 5.74) is 8.80. The number of ketones is 1. The number of azide groups is 1. The predicted molar refractivity (Wildman–Crippen MR) is 162 cm³/mol. The maximum Gasteiger partial charge on any atom is 0.474 e. The van der Waals surface area contributed by atoms with Crippen LogP contribution in [0.4, 0.5) is 0 Å². The smallest absolute Gasteiger partial charge is 0.452 e. The molecule has 0 aromatic carbocycles. The van der Waals surface area contributed by atoms with Crippen molar-refractivity contribution in [3.63, 3.8) is 0 Å². The molecular weight excluding hydrogens is 557 g/mol. The van der Waals surface area contributed by atoms with E-state index in [9.17, 15) is 14.2 Å². The summed E-state index contributed by atoms with van der Waals surface area (Å²) in [4.78, 5) is 27.7. The van der Waals surface area contributed by atoms with E-state index in [-0.39, 0.29) is 25.4 Å². The molecule has 0 amide bonds. The number of hydrogen-bond acceptors (Lipinski definition) is 8. The topological polar surface area (TPSA) is 137 Å². The van der Waals surface area contributed by atoms with Gasteiger partial charge in [-0.3, -0.25) is 18.4 Å². The highest BCUT2D eigenvalue weighted by atomic mass is 31.2. The lowest BCUT2D eigenvalue weighted by Crippen LogP contribution is -2.34. The minimum absolute atomic E-state index is 0.0641. The van der Waals surface area contributed by atoms with Gasteiger partial charge in [-0.2, -0.15) is 0 Å². The lowest BCUT2D eigenvalue weighted by molar-refractivity contribution is -0.146. The van der Waals surface area contributed by atoms with E-state index in [4.69, 9.17) is 23.8 Å². The molecular formula is C31H40N3O7P. The van der Waals surface area contributed by atoms with Crippen molar-refractivity contribution in [1.82, 2.24) is 0 Å². The quantitative estimate of drug-likeness (QED) is 0.0170. The number of unbranched alkanes of at least 4 members (excludes halogenated alkanes) is 5. The van der Waals surface area contributed by atoms with E-state index in [2.05, 4.69) is 69.5 Å². The van der Waals surface area contributed by atoms with Crippen molar-refractivity contribution in [3.05, 3.63) is 34.7 Å². The number of esters is 1. The summed E-state index contributed by atoms with van der Waals surface area (Å²) in [7, 11) is -1.56. The van der Waals surface area contributed by atoms with Gasteiger partial charge in [0.15, 0.2) is 0 Å². The van der Waals surface area contributed by atoms with Gasteiger partial charge in [-0.1, -0.05) is 60.4 Å². The van der Waals surface area contributed by atoms with Crippen LogP contribution in [0.3, 0.4) is 0 Å². The minimum atomic E-state index is -3.87. The molecule has 10 nitrogen and oxygen atoms in total. The maximum absolute atomic E-state index is 12.8. The third-order valence-electron chi connectivity index (χ3n) is 5.57. The lowest BCUT2D eigenvalue weighted by Gasteiger charge is -2.26. The van der Waals surface area contributed by atoms with Crippen LogP contribution in [0.1, 0.15) is 71.6 Å². The van der Waals surface area contributed by atoms with E-state index in [0.717, 1.165) is 52.7 Å². The van der Waals surface area contributed by atoms with Crippen molar-refractivity contribution >= 4 is 19.6 Å². The van der Waals surface area contributed by atoms with Gasteiger partial charge in [-0.15, -0.1) is 0 Å². The normalized spacial score (nSPS) is 11.8. The molecule has 0 fully saturated rings. The Hall–Kier alpha value is -3.72. The lowest BCUT2D eigenvalue weighted by atomic mass is 9.94. The van der Waals surface area contributed by atoms with Crippen molar-refractivity contribution in [2.45, 2.75) is 77.7 Å². The zero-order chi connectivity index (χ0) is 31.3. The Balaban J connectivity index is 4.86. The van der Waals surface area contributed by atoms with Gasteiger partial charge in [0.25, 0.3) is 0 Å². The summed E-state index contributed by atoms with van der Waals surface area (Å²) in [6.07, 6.45) is 13.8. The maximum atomic E-state index is 12.8. The molecule has 0 N–H and O–H groups in total. The number of allylic oxidation sites excluding steroid dienone is 4. The molecule has 0 radical (unpaired) electrons. The van der Waals surface area contributed by atoms with Crippen molar-refractivity contribution in [2.24, 2.45) is 11.0 Å². The standard InChI is InChI=1S/C31H40N3O7P/c1-5-7-9-10-11-12-13-14-15-16-17-18-19-20-22-23-29(35)25-28(27-40-42(37,38-3)39-4)30(26-33-34-32)41-31(36)24-21-8-6-2/h11-12,14-15,28,30H,13,16-20,22-23,25-27H2,1-4H3/b12-11-,15-14-/t28-,30-/m0/s1. The van der Waals surface area contributed by atoms with Crippen LogP contribution >= 0.6 is 7.82 Å². The number of rotatable bonds is 21. The SMILES string of the molecule is CC#CC#C/C=C\C/C=C\CCCCCCCC(=O)C[C@@H](COP(=O)(OC)OC)[C@H](CN=[N+]=[N-])OC(=O)C#CC#CC. The highest BCUT2D eigenvalue weighted by Crippen LogP contribution is 2.48. The summed E-state index contributed by atoms with van der Waals surface area (Å²) in [6.45, 7) is 2.73. The van der Waals surface area contributed by atoms with E-state index in [1.165, 1.54) is 0 Å². The highest BCUT2D eigenvalue weighted by Gasteiger charge is 2.31. The number of carbonyl (C=O) groups excluding carboxylic acids is 2. The Morgan fingerprint density at radius 3 is 2.33 bits per heavy atom. The van der Waals surface area contributed by atoms with Crippen LogP contribution in [-0.2, 0) is 32.5 Å². The Morgan fingerprint density at radius 1 is 0.952 bits per heavy atom. The molecule has 0 aliphatic rings. The molecule has 0 saturated heterocycles. The van der Waals surface area contributed by atoms with Crippen molar-refractivity contribution < 1.29 is 32.5 Å². The van der Waals surface area contributed by atoms with Gasteiger partial charge in [0, 0.05) is 43.8 Å². The first-order valence-electron chi connectivity index (χ1n) is 13.6. The van der Waals surface area contributed by atoms with E-state index in [1.807, 2.05) is 6.08 Å². The summed E-state index contributed by atoms with van der Waals surface area (Å²) in [5.74, 6) is 18.7. The predicted octanol–water partition coefficient (Wildman–Crippen LogP) is 6.49. The molecule has 2 atom stereocenters. The Morgan fingerprint density at radius 2 is 1.64 bits per heavy atom. The summed E-state index contributed by atoms with van der Waals surface area (Å²) >= 11 is 0. The van der Waals surface area contributed by atoms with Crippen molar-refractivity contribution in [1.29, 1.82) is 0 Å². The first-order chi connectivity index (χ1) is 20.4. The third-order valence-corrected chi connectivity index (χ3v) is 6.93. The van der Waals surface area contributed by atoms with Gasteiger partial charge in [-0.05, 0) is 74.8 Å². The monoisotopic (exact) mass is 597 g/mol. The zero-order valence-corrected chi connectivity index (χ0v) is 25.8. The zero-order valence-electron chi connectivity index (χ0n) is 24.9. The summed E-state index contributed by atoms with van der Waals surface area (Å²) < 4.78 is 32.7. The second-order valence-corrected chi connectivity index (χ2v) is 10.5. The van der Waals surface area contributed by atoms with Crippen LogP contribution in [0.25, 0.3) is 10.4 Å². The number of phosphoric acid groups is 1. The molecule has 0 aliphatic carbocycles. The molecule has 0 saturated carbocycles. The third kappa shape index (κ3) is 21.1. The second kappa shape index (κ2) is 26.2. The molecule has 0 rings (SSSR count). The number of hydrogen-bond donors (Lipinski definition) is 0. The molecule has 0 bridgehead atoms. The first-order valence-corrected chi connectivity index (χ1v) is 15.1.